The minimum atomic E-state index is -0.631. The van der Waals surface area contributed by atoms with Crippen molar-refractivity contribution < 1.29 is 9.84 Å². The highest BCUT2D eigenvalue weighted by Crippen LogP contribution is 2.38. The molecule has 168 valence electrons. The van der Waals surface area contributed by atoms with Crippen LogP contribution in [-0.2, 0) is 5.60 Å². The van der Waals surface area contributed by atoms with Crippen molar-refractivity contribution in [1.82, 2.24) is 9.55 Å². The lowest BCUT2D eigenvalue weighted by atomic mass is 9.91. The first-order valence-electron chi connectivity index (χ1n) is 11.8. The number of aliphatic hydroxyl groups is 1. The van der Waals surface area contributed by atoms with Crippen molar-refractivity contribution in [3.8, 4) is 11.4 Å². The Balaban J connectivity index is 1.32. The number of benzene rings is 3. The van der Waals surface area contributed by atoms with Crippen LogP contribution in [0.1, 0.15) is 56.2 Å². The van der Waals surface area contributed by atoms with E-state index in [1.54, 1.807) is 0 Å². The molecule has 4 nitrogen and oxygen atoms in total. The van der Waals surface area contributed by atoms with E-state index in [1.807, 2.05) is 32.3 Å². The van der Waals surface area contributed by atoms with Crippen molar-refractivity contribution in [2.24, 2.45) is 0 Å². The third-order valence-corrected chi connectivity index (χ3v) is 6.40. The first-order valence-corrected chi connectivity index (χ1v) is 11.8. The van der Waals surface area contributed by atoms with Crippen molar-refractivity contribution >= 4 is 23.2 Å². The predicted molar refractivity (Wildman–Crippen MR) is 135 cm³/mol. The first-order chi connectivity index (χ1) is 16.0. The molecule has 0 atom stereocenters. The van der Waals surface area contributed by atoms with Crippen LogP contribution in [0.4, 0.5) is 0 Å². The second-order valence-electron chi connectivity index (χ2n) is 9.22. The summed E-state index contributed by atoms with van der Waals surface area (Å²) < 4.78 is 7.84. The maximum Gasteiger partial charge on any atom is 0.119 e. The van der Waals surface area contributed by atoms with Gasteiger partial charge in [0.1, 0.15) is 12.1 Å². The molecule has 1 fully saturated rings. The molecule has 4 aromatic rings. The minimum Gasteiger partial charge on any atom is -0.491 e. The molecule has 0 bridgehead atoms. The van der Waals surface area contributed by atoms with Gasteiger partial charge in [-0.3, -0.25) is 4.57 Å². The fraction of sp³-hybridized carbons (Fsp3) is 0.276. The number of hydrogen-bond acceptors (Lipinski definition) is 3. The Bertz CT molecular complexity index is 1260. The van der Waals surface area contributed by atoms with Gasteiger partial charge in [-0.2, -0.15) is 0 Å². The van der Waals surface area contributed by atoms with E-state index in [4.69, 9.17) is 4.74 Å². The summed E-state index contributed by atoms with van der Waals surface area (Å²) in [5, 5.41) is 10.8. The second-order valence-corrected chi connectivity index (χ2v) is 9.22. The summed E-state index contributed by atoms with van der Waals surface area (Å²) in [4.78, 5) is 4.61. The summed E-state index contributed by atoms with van der Waals surface area (Å²) in [5.74, 6) is 0.871. The van der Waals surface area contributed by atoms with Crippen LogP contribution >= 0.6 is 0 Å². The topological polar surface area (TPSA) is 47.3 Å². The smallest absolute Gasteiger partial charge is 0.119 e. The van der Waals surface area contributed by atoms with Crippen LogP contribution in [0.5, 0.6) is 5.75 Å². The third-order valence-electron chi connectivity index (χ3n) is 6.40. The van der Waals surface area contributed by atoms with Crippen molar-refractivity contribution in [3.05, 3.63) is 89.7 Å². The number of aromatic nitrogens is 2. The molecule has 0 amide bonds. The van der Waals surface area contributed by atoms with Gasteiger partial charge in [0.15, 0.2) is 0 Å². The van der Waals surface area contributed by atoms with Crippen molar-refractivity contribution in [2.75, 3.05) is 0 Å². The predicted octanol–water partition coefficient (Wildman–Crippen LogP) is 6.74. The molecule has 4 heteroatoms. The molecular formula is C29H30N2O2. The van der Waals surface area contributed by atoms with Gasteiger partial charge < -0.3 is 9.84 Å². The largest absolute Gasteiger partial charge is 0.491 e. The summed E-state index contributed by atoms with van der Waals surface area (Å²) in [6.45, 7) is 4.05. The molecular weight excluding hydrogens is 408 g/mol. The molecule has 0 aliphatic heterocycles. The highest BCUT2D eigenvalue weighted by atomic mass is 16.5. The molecule has 1 aromatic heterocycles. The van der Waals surface area contributed by atoms with E-state index in [9.17, 15) is 5.11 Å². The fourth-order valence-corrected chi connectivity index (χ4v) is 4.64. The third kappa shape index (κ3) is 4.57. The Morgan fingerprint density at radius 1 is 0.909 bits per heavy atom. The van der Waals surface area contributed by atoms with Gasteiger partial charge in [-0.15, -0.1) is 0 Å². The Morgan fingerprint density at radius 3 is 2.27 bits per heavy atom. The molecule has 1 saturated carbocycles. The van der Waals surface area contributed by atoms with Crippen LogP contribution in [0.15, 0.2) is 73.1 Å². The second kappa shape index (κ2) is 8.87. The van der Waals surface area contributed by atoms with Gasteiger partial charge in [-0.1, -0.05) is 55.3 Å². The van der Waals surface area contributed by atoms with Crippen LogP contribution < -0.4 is 4.74 Å². The molecule has 0 unspecified atom stereocenters. The van der Waals surface area contributed by atoms with Crippen LogP contribution in [0.25, 0.3) is 28.9 Å². The number of rotatable bonds is 6. The number of fused-ring (bicyclic) bond motifs is 1. The normalized spacial score (nSPS) is 15.6. The van der Waals surface area contributed by atoms with E-state index in [0.717, 1.165) is 64.8 Å². The Hall–Kier alpha value is -3.37. The lowest BCUT2D eigenvalue weighted by Crippen LogP contribution is -2.20. The van der Waals surface area contributed by atoms with E-state index >= 15 is 0 Å². The summed E-state index contributed by atoms with van der Waals surface area (Å²) in [6, 6.07) is 22.7. The summed E-state index contributed by atoms with van der Waals surface area (Å²) >= 11 is 0. The zero-order chi connectivity index (χ0) is 22.8. The van der Waals surface area contributed by atoms with E-state index in [1.165, 1.54) is 0 Å². The van der Waals surface area contributed by atoms with Crippen LogP contribution in [-0.4, -0.2) is 20.8 Å². The fourth-order valence-electron chi connectivity index (χ4n) is 4.64. The van der Waals surface area contributed by atoms with E-state index < -0.39 is 5.60 Å². The van der Waals surface area contributed by atoms with Gasteiger partial charge in [-0.25, -0.2) is 4.98 Å². The maximum atomic E-state index is 10.8. The van der Waals surface area contributed by atoms with Gasteiger partial charge in [-0.05, 0) is 79.8 Å². The van der Waals surface area contributed by atoms with E-state index in [2.05, 4.69) is 76.3 Å². The molecule has 0 radical (unpaired) electrons. The molecule has 3 aromatic carbocycles. The number of hydrogen-bond donors (Lipinski definition) is 1. The number of nitrogens with zero attached hydrogens (tertiary/aromatic N) is 2. The highest BCUT2D eigenvalue weighted by Gasteiger charge is 2.32. The lowest BCUT2D eigenvalue weighted by molar-refractivity contribution is 0.0445. The Kier molecular flexibility index (Phi) is 5.77. The average Bonchev–Trinajstić information content (AvgIpc) is 3.45. The first kappa shape index (κ1) is 21.5. The molecule has 1 heterocycles. The molecule has 0 saturated heterocycles. The van der Waals surface area contributed by atoms with Crippen molar-refractivity contribution in [1.29, 1.82) is 0 Å². The quantitative estimate of drug-likeness (QED) is 0.339. The Morgan fingerprint density at radius 2 is 1.58 bits per heavy atom. The Labute approximate surface area is 195 Å². The van der Waals surface area contributed by atoms with Crippen molar-refractivity contribution in [3.63, 3.8) is 0 Å². The monoisotopic (exact) mass is 438 g/mol. The molecule has 1 aliphatic rings. The van der Waals surface area contributed by atoms with E-state index in [0.29, 0.717) is 0 Å². The molecule has 1 aliphatic carbocycles. The summed E-state index contributed by atoms with van der Waals surface area (Å²) in [6.07, 6.45) is 10.2. The number of imidazole rings is 1. The van der Waals surface area contributed by atoms with Crippen LogP contribution in [0.2, 0.25) is 0 Å². The average molecular weight is 439 g/mol. The molecule has 5 rings (SSSR count). The SMILES string of the molecule is CC(C)Oc1ccc(-n2cnc3cc(C=Cc4ccc(C5(O)CCCC5)cc4)ccc32)cc1. The maximum absolute atomic E-state index is 10.8. The zero-order valence-electron chi connectivity index (χ0n) is 19.2. The molecule has 33 heavy (non-hydrogen) atoms. The molecule has 0 spiro atoms. The summed E-state index contributed by atoms with van der Waals surface area (Å²) in [5.41, 5.74) is 5.71. The van der Waals surface area contributed by atoms with Gasteiger partial charge >= 0.3 is 0 Å². The van der Waals surface area contributed by atoms with Crippen LogP contribution in [0.3, 0.4) is 0 Å². The van der Waals surface area contributed by atoms with E-state index in [-0.39, 0.29) is 6.10 Å². The summed E-state index contributed by atoms with van der Waals surface area (Å²) in [7, 11) is 0. The standard InChI is InChI=1S/C29H30N2O2/c1-21(2)33-26-14-12-25(13-15-26)31-20-30-27-19-23(9-16-28(27)31)6-5-22-7-10-24(11-8-22)29(32)17-3-4-18-29/h5-16,19-21,32H,3-4,17-18H2,1-2H3. The molecule has 1 N–H and O–H groups in total. The van der Waals surface area contributed by atoms with Gasteiger partial charge in [0, 0.05) is 5.69 Å². The van der Waals surface area contributed by atoms with Crippen LogP contribution in [0, 0.1) is 0 Å². The highest BCUT2D eigenvalue weighted by molar-refractivity contribution is 5.82. The van der Waals surface area contributed by atoms with Gasteiger partial charge in [0.05, 0.1) is 22.7 Å². The minimum absolute atomic E-state index is 0.160. The number of ether oxygens (including phenoxy) is 1. The van der Waals surface area contributed by atoms with Crippen molar-refractivity contribution in [2.45, 2.75) is 51.2 Å². The zero-order valence-corrected chi connectivity index (χ0v) is 19.2. The lowest BCUT2D eigenvalue weighted by Gasteiger charge is -2.22. The van der Waals surface area contributed by atoms with Gasteiger partial charge in [0.25, 0.3) is 0 Å². The van der Waals surface area contributed by atoms with Gasteiger partial charge in [0.2, 0.25) is 0 Å².